The molecule has 1 saturated heterocycles. The number of rotatable bonds is 4. The van der Waals surface area contributed by atoms with Crippen LogP contribution in [0.2, 0.25) is 0 Å². The minimum atomic E-state index is -3.48. The van der Waals surface area contributed by atoms with Gasteiger partial charge < -0.3 is 4.74 Å². The molecule has 0 radical (unpaired) electrons. The topological polar surface area (TPSA) is 55.4 Å². The van der Waals surface area contributed by atoms with Gasteiger partial charge in [-0.25, -0.2) is 13.1 Å². The van der Waals surface area contributed by atoms with Gasteiger partial charge in [-0.15, -0.1) is 0 Å². The summed E-state index contributed by atoms with van der Waals surface area (Å²) >= 11 is 0. The van der Waals surface area contributed by atoms with Crippen molar-refractivity contribution in [3.63, 3.8) is 0 Å². The molecule has 1 fully saturated rings. The van der Waals surface area contributed by atoms with E-state index in [0.29, 0.717) is 10.8 Å². The molecule has 1 aliphatic rings. The SMILES string of the molecule is Cc1cc(C)c(S(=O)(=O)N[C@@H](C)C2CCOCC2)c(C)c1. The van der Waals surface area contributed by atoms with E-state index in [1.807, 2.05) is 39.8 Å². The molecule has 1 heterocycles. The van der Waals surface area contributed by atoms with Crippen LogP contribution in [0.5, 0.6) is 0 Å². The van der Waals surface area contributed by atoms with Gasteiger partial charge in [0, 0.05) is 19.3 Å². The van der Waals surface area contributed by atoms with Crippen LogP contribution in [0.15, 0.2) is 17.0 Å². The molecule has 4 nitrogen and oxygen atoms in total. The van der Waals surface area contributed by atoms with Gasteiger partial charge in [0.25, 0.3) is 0 Å². The van der Waals surface area contributed by atoms with E-state index in [9.17, 15) is 8.42 Å². The van der Waals surface area contributed by atoms with Crippen molar-refractivity contribution in [1.82, 2.24) is 4.72 Å². The predicted molar refractivity (Wildman–Crippen MR) is 84.0 cm³/mol. The average molecular weight is 311 g/mol. The van der Waals surface area contributed by atoms with E-state index in [1.165, 1.54) is 0 Å². The zero-order chi connectivity index (χ0) is 15.6. The molecule has 1 aromatic carbocycles. The van der Waals surface area contributed by atoms with Crippen molar-refractivity contribution in [1.29, 1.82) is 0 Å². The van der Waals surface area contributed by atoms with E-state index >= 15 is 0 Å². The largest absolute Gasteiger partial charge is 0.381 e. The van der Waals surface area contributed by atoms with Crippen LogP contribution < -0.4 is 4.72 Å². The van der Waals surface area contributed by atoms with Crippen molar-refractivity contribution in [2.45, 2.75) is 51.5 Å². The molecular formula is C16H25NO3S. The molecule has 0 amide bonds. The van der Waals surface area contributed by atoms with E-state index in [1.54, 1.807) is 0 Å². The fourth-order valence-corrected chi connectivity index (χ4v) is 4.97. The van der Waals surface area contributed by atoms with Crippen molar-refractivity contribution in [2.75, 3.05) is 13.2 Å². The summed E-state index contributed by atoms with van der Waals surface area (Å²) in [6.07, 6.45) is 1.82. The molecule has 1 aromatic rings. The zero-order valence-electron chi connectivity index (χ0n) is 13.3. The van der Waals surface area contributed by atoms with Crippen molar-refractivity contribution in [3.8, 4) is 0 Å². The van der Waals surface area contributed by atoms with Crippen LogP contribution in [0.25, 0.3) is 0 Å². The number of hydrogen-bond acceptors (Lipinski definition) is 3. The summed E-state index contributed by atoms with van der Waals surface area (Å²) in [6.45, 7) is 9.08. The molecule has 0 bridgehead atoms. The molecular weight excluding hydrogens is 286 g/mol. The second-order valence-electron chi connectivity index (χ2n) is 6.09. The van der Waals surface area contributed by atoms with Gasteiger partial charge in [-0.1, -0.05) is 17.7 Å². The van der Waals surface area contributed by atoms with Crippen LogP contribution in [0.4, 0.5) is 0 Å². The minimum absolute atomic E-state index is 0.0704. The Bertz CT molecular complexity index is 581. The maximum atomic E-state index is 12.7. The van der Waals surface area contributed by atoms with Gasteiger partial charge in [-0.05, 0) is 57.6 Å². The van der Waals surface area contributed by atoms with E-state index in [2.05, 4.69) is 4.72 Å². The predicted octanol–water partition coefficient (Wildman–Crippen LogP) is 2.71. The average Bonchev–Trinajstić information content (AvgIpc) is 2.37. The second kappa shape index (κ2) is 6.46. The van der Waals surface area contributed by atoms with Crippen LogP contribution in [-0.4, -0.2) is 27.7 Å². The molecule has 1 atom stereocenters. The Morgan fingerprint density at radius 2 is 1.67 bits per heavy atom. The Morgan fingerprint density at radius 3 is 2.19 bits per heavy atom. The first kappa shape index (κ1) is 16.5. The lowest BCUT2D eigenvalue weighted by atomic mass is 9.94. The Kier molecular flexibility index (Phi) is 5.07. The van der Waals surface area contributed by atoms with Crippen LogP contribution in [0, 0.1) is 26.7 Å². The van der Waals surface area contributed by atoms with Crippen molar-refractivity contribution >= 4 is 10.0 Å². The molecule has 0 unspecified atom stereocenters. The van der Waals surface area contributed by atoms with Crippen LogP contribution in [0.1, 0.15) is 36.5 Å². The van der Waals surface area contributed by atoms with Gasteiger partial charge in [0.15, 0.2) is 0 Å². The molecule has 0 spiro atoms. The molecule has 2 rings (SSSR count). The quantitative estimate of drug-likeness (QED) is 0.930. The highest BCUT2D eigenvalue weighted by molar-refractivity contribution is 7.89. The van der Waals surface area contributed by atoms with Crippen molar-refractivity contribution in [2.24, 2.45) is 5.92 Å². The van der Waals surface area contributed by atoms with Gasteiger partial charge in [0.05, 0.1) is 4.90 Å². The highest BCUT2D eigenvalue weighted by Crippen LogP contribution is 2.24. The maximum Gasteiger partial charge on any atom is 0.241 e. The Morgan fingerprint density at radius 1 is 1.14 bits per heavy atom. The number of sulfonamides is 1. The van der Waals surface area contributed by atoms with Gasteiger partial charge >= 0.3 is 0 Å². The third-order valence-electron chi connectivity index (χ3n) is 4.19. The third kappa shape index (κ3) is 3.84. The highest BCUT2D eigenvalue weighted by Gasteiger charge is 2.27. The van der Waals surface area contributed by atoms with Crippen molar-refractivity contribution in [3.05, 3.63) is 28.8 Å². The maximum absolute atomic E-state index is 12.7. The van der Waals surface area contributed by atoms with E-state index < -0.39 is 10.0 Å². The summed E-state index contributed by atoms with van der Waals surface area (Å²) in [6, 6.07) is 3.76. The number of benzene rings is 1. The zero-order valence-corrected chi connectivity index (χ0v) is 14.1. The molecule has 0 saturated carbocycles. The first-order valence-corrected chi connectivity index (χ1v) is 8.97. The molecule has 118 valence electrons. The number of nitrogens with one attached hydrogen (secondary N) is 1. The lowest BCUT2D eigenvalue weighted by Crippen LogP contribution is -2.40. The fraction of sp³-hybridized carbons (Fsp3) is 0.625. The normalized spacial score (nSPS) is 18.7. The van der Waals surface area contributed by atoms with E-state index in [4.69, 9.17) is 4.74 Å². The molecule has 0 aliphatic carbocycles. The van der Waals surface area contributed by atoms with E-state index in [-0.39, 0.29) is 6.04 Å². The van der Waals surface area contributed by atoms with Gasteiger partial charge in [-0.3, -0.25) is 0 Å². The summed E-state index contributed by atoms with van der Waals surface area (Å²) in [7, 11) is -3.48. The summed E-state index contributed by atoms with van der Waals surface area (Å²) in [4.78, 5) is 0.423. The molecule has 1 aliphatic heterocycles. The smallest absolute Gasteiger partial charge is 0.241 e. The highest BCUT2D eigenvalue weighted by atomic mass is 32.2. The fourth-order valence-electron chi connectivity index (χ4n) is 3.21. The third-order valence-corrected chi connectivity index (χ3v) is 6.05. The molecule has 5 heteroatoms. The Hall–Kier alpha value is -0.910. The molecule has 21 heavy (non-hydrogen) atoms. The number of ether oxygens (including phenoxy) is 1. The number of aryl methyl sites for hydroxylation is 3. The summed E-state index contributed by atoms with van der Waals surface area (Å²) in [5.74, 6) is 0.347. The standard InChI is InChI=1S/C16H25NO3S/c1-11-9-12(2)16(13(3)10-11)21(18,19)17-14(4)15-5-7-20-8-6-15/h9-10,14-15,17H,5-8H2,1-4H3/t14-/m0/s1. The van der Waals surface area contributed by atoms with Gasteiger partial charge in [-0.2, -0.15) is 0 Å². The first-order chi connectivity index (χ1) is 9.81. The summed E-state index contributed by atoms with van der Waals surface area (Å²) in [5, 5.41) is 0. The van der Waals surface area contributed by atoms with Crippen LogP contribution in [0.3, 0.4) is 0 Å². The van der Waals surface area contributed by atoms with E-state index in [0.717, 1.165) is 42.7 Å². The van der Waals surface area contributed by atoms with Crippen LogP contribution >= 0.6 is 0 Å². The summed E-state index contributed by atoms with van der Waals surface area (Å²) in [5.41, 5.74) is 2.69. The Labute approximate surface area is 127 Å². The molecule has 1 N–H and O–H groups in total. The van der Waals surface area contributed by atoms with Crippen molar-refractivity contribution < 1.29 is 13.2 Å². The molecule has 0 aromatic heterocycles. The van der Waals surface area contributed by atoms with Gasteiger partial charge in [0.1, 0.15) is 0 Å². The lowest BCUT2D eigenvalue weighted by Gasteiger charge is -2.28. The second-order valence-corrected chi connectivity index (χ2v) is 7.74. The first-order valence-electron chi connectivity index (χ1n) is 7.49. The van der Waals surface area contributed by atoms with Crippen LogP contribution in [-0.2, 0) is 14.8 Å². The van der Waals surface area contributed by atoms with Gasteiger partial charge in [0.2, 0.25) is 10.0 Å². The lowest BCUT2D eigenvalue weighted by molar-refractivity contribution is 0.0585. The number of hydrogen-bond donors (Lipinski definition) is 1. The summed E-state index contributed by atoms with van der Waals surface area (Å²) < 4.78 is 33.6. The minimum Gasteiger partial charge on any atom is -0.381 e. The monoisotopic (exact) mass is 311 g/mol. The Balaban J connectivity index is 2.22.